The van der Waals surface area contributed by atoms with Crippen molar-refractivity contribution in [2.24, 2.45) is 11.1 Å². The number of ether oxygens (including phenoxy) is 1. The standard InChI is InChI=1S/C18H27FN2O5S2/c1-18(2,3)26-17(22)21-9-6-13(7-10-21)8-11-27(23)16-5-4-14(12-15(16)19)28(20,24)25/h4-5,12-13H,6-11H2,1-3H3,(H2,20,24,25). The smallest absolute Gasteiger partial charge is 0.410 e. The number of piperidine rings is 1. The zero-order chi connectivity index (χ0) is 21.1. The summed E-state index contributed by atoms with van der Waals surface area (Å²) >= 11 is 0. The minimum absolute atomic E-state index is 0.0291. The van der Waals surface area contributed by atoms with Gasteiger partial charge in [0.2, 0.25) is 10.0 Å². The molecule has 1 amide bonds. The molecule has 7 nitrogen and oxygen atoms in total. The van der Waals surface area contributed by atoms with Crippen molar-refractivity contribution in [3.05, 3.63) is 24.0 Å². The van der Waals surface area contributed by atoms with Crippen molar-refractivity contribution in [1.29, 1.82) is 0 Å². The molecule has 0 bridgehead atoms. The molecule has 10 heteroatoms. The van der Waals surface area contributed by atoms with Gasteiger partial charge in [-0.15, -0.1) is 0 Å². The van der Waals surface area contributed by atoms with Crippen molar-refractivity contribution >= 4 is 26.9 Å². The number of benzene rings is 1. The van der Waals surface area contributed by atoms with Gasteiger partial charge in [0.25, 0.3) is 0 Å². The van der Waals surface area contributed by atoms with Gasteiger partial charge in [0.15, 0.2) is 0 Å². The molecule has 158 valence electrons. The Hall–Kier alpha value is -1.52. The zero-order valence-electron chi connectivity index (χ0n) is 16.3. The summed E-state index contributed by atoms with van der Waals surface area (Å²) in [4.78, 5) is 13.4. The molecule has 2 rings (SSSR count). The number of nitrogens with zero attached hydrogens (tertiary/aromatic N) is 1. The topological polar surface area (TPSA) is 107 Å². The zero-order valence-corrected chi connectivity index (χ0v) is 17.9. The summed E-state index contributed by atoms with van der Waals surface area (Å²) < 4.78 is 54.4. The molecule has 0 radical (unpaired) electrons. The highest BCUT2D eigenvalue weighted by atomic mass is 32.2. The second-order valence-corrected chi connectivity index (χ2v) is 11.0. The molecule has 2 N–H and O–H groups in total. The van der Waals surface area contributed by atoms with Crippen molar-refractivity contribution in [2.75, 3.05) is 18.8 Å². The molecule has 28 heavy (non-hydrogen) atoms. The number of carbonyl (C=O) groups excluding carboxylic acids is 1. The Kier molecular flexibility index (Phi) is 7.22. The normalized spacial score (nSPS) is 17.4. The molecule has 1 saturated heterocycles. The molecule has 0 aromatic heterocycles. The lowest BCUT2D eigenvalue weighted by Gasteiger charge is -2.33. The van der Waals surface area contributed by atoms with Gasteiger partial charge in [0, 0.05) is 18.8 Å². The fourth-order valence-electron chi connectivity index (χ4n) is 2.96. The van der Waals surface area contributed by atoms with E-state index in [0.717, 1.165) is 25.0 Å². The molecule has 1 unspecified atom stereocenters. The SMILES string of the molecule is CC(C)(C)OC(=O)N1CCC(CCS(=O)c2ccc(S(N)(=O)=O)cc2F)CC1. The third-order valence-corrected chi connectivity index (χ3v) is 6.79. The highest BCUT2D eigenvalue weighted by Gasteiger charge is 2.27. The monoisotopic (exact) mass is 434 g/mol. The Morgan fingerprint density at radius 3 is 2.43 bits per heavy atom. The summed E-state index contributed by atoms with van der Waals surface area (Å²) in [6.45, 7) is 6.61. The quantitative estimate of drug-likeness (QED) is 0.767. The van der Waals surface area contributed by atoms with Gasteiger partial charge >= 0.3 is 6.09 Å². The molecular formula is C18H27FN2O5S2. The number of amides is 1. The van der Waals surface area contributed by atoms with Gasteiger partial charge in [-0.1, -0.05) is 0 Å². The van der Waals surface area contributed by atoms with E-state index >= 15 is 0 Å². The van der Waals surface area contributed by atoms with Crippen molar-refractivity contribution in [3.63, 3.8) is 0 Å². The summed E-state index contributed by atoms with van der Waals surface area (Å²) in [5, 5.41) is 4.97. The van der Waals surface area contributed by atoms with Crippen LogP contribution in [0.1, 0.15) is 40.0 Å². The third-order valence-electron chi connectivity index (χ3n) is 4.45. The van der Waals surface area contributed by atoms with Crippen LogP contribution >= 0.6 is 0 Å². The largest absolute Gasteiger partial charge is 0.444 e. The molecule has 1 aliphatic heterocycles. The predicted octanol–water partition coefficient (Wildman–Crippen LogP) is 2.62. The van der Waals surface area contributed by atoms with Crippen LogP contribution in [0.25, 0.3) is 0 Å². The van der Waals surface area contributed by atoms with E-state index in [-0.39, 0.29) is 27.6 Å². The molecule has 1 fully saturated rings. The Bertz CT molecular complexity index is 844. The molecule has 0 spiro atoms. The minimum atomic E-state index is -4.00. The van der Waals surface area contributed by atoms with Crippen molar-refractivity contribution in [3.8, 4) is 0 Å². The second-order valence-electron chi connectivity index (χ2n) is 7.89. The summed E-state index contributed by atoms with van der Waals surface area (Å²) in [6.07, 6.45) is 1.84. The lowest BCUT2D eigenvalue weighted by atomic mass is 9.95. The second kappa shape index (κ2) is 8.87. The van der Waals surface area contributed by atoms with Crippen LogP contribution in [-0.4, -0.2) is 48.1 Å². The van der Waals surface area contributed by atoms with Crippen LogP contribution < -0.4 is 5.14 Å². The van der Waals surface area contributed by atoms with Crippen LogP contribution in [0.15, 0.2) is 28.0 Å². The molecular weight excluding hydrogens is 407 g/mol. The van der Waals surface area contributed by atoms with Crippen molar-refractivity contribution < 1.29 is 26.5 Å². The first kappa shape index (κ1) is 22.8. The Morgan fingerprint density at radius 2 is 1.93 bits per heavy atom. The molecule has 1 atom stereocenters. The van der Waals surface area contributed by atoms with E-state index in [1.807, 2.05) is 20.8 Å². The number of halogens is 1. The van der Waals surface area contributed by atoms with Crippen LogP contribution in [0.3, 0.4) is 0 Å². The van der Waals surface area contributed by atoms with Gasteiger partial charge in [0.1, 0.15) is 11.4 Å². The third kappa shape index (κ3) is 6.52. The molecule has 1 heterocycles. The average molecular weight is 435 g/mol. The fourth-order valence-corrected chi connectivity index (χ4v) is 4.75. The maximum atomic E-state index is 14.1. The van der Waals surface area contributed by atoms with Crippen molar-refractivity contribution in [1.82, 2.24) is 4.90 Å². The van der Waals surface area contributed by atoms with E-state index in [0.29, 0.717) is 19.5 Å². The lowest BCUT2D eigenvalue weighted by Crippen LogP contribution is -2.41. The van der Waals surface area contributed by atoms with Crippen LogP contribution in [0.2, 0.25) is 0 Å². The van der Waals surface area contributed by atoms with E-state index < -0.39 is 32.2 Å². The van der Waals surface area contributed by atoms with Crippen LogP contribution in [0.4, 0.5) is 9.18 Å². The first-order chi connectivity index (χ1) is 12.9. The highest BCUT2D eigenvalue weighted by Crippen LogP contribution is 2.24. The fraction of sp³-hybridized carbons (Fsp3) is 0.611. The van der Waals surface area contributed by atoms with Gasteiger partial charge in [0.05, 0.1) is 20.6 Å². The Labute approximate surface area is 167 Å². The maximum Gasteiger partial charge on any atom is 0.410 e. The number of sulfonamides is 1. The lowest BCUT2D eigenvalue weighted by molar-refractivity contribution is 0.0183. The van der Waals surface area contributed by atoms with Gasteiger partial charge < -0.3 is 9.64 Å². The highest BCUT2D eigenvalue weighted by molar-refractivity contribution is 7.89. The summed E-state index contributed by atoms with van der Waals surface area (Å²) in [5.41, 5.74) is -0.534. The van der Waals surface area contributed by atoms with E-state index in [9.17, 15) is 21.8 Å². The van der Waals surface area contributed by atoms with E-state index in [2.05, 4.69) is 0 Å². The number of nitrogens with two attached hydrogens (primary N) is 1. The first-order valence-corrected chi connectivity index (χ1v) is 11.9. The number of rotatable bonds is 5. The summed E-state index contributed by atoms with van der Waals surface area (Å²) in [5.74, 6) is -0.290. The summed E-state index contributed by atoms with van der Waals surface area (Å²) in [7, 11) is -5.58. The average Bonchev–Trinajstić information content (AvgIpc) is 2.57. The number of primary sulfonamides is 1. The molecule has 1 aliphatic rings. The van der Waals surface area contributed by atoms with E-state index in [4.69, 9.17) is 9.88 Å². The molecule has 1 aromatic rings. The van der Waals surface area contributed by atoms with Crippen LogP contribution in [0, 0.1) is 11.7 Å². The van der Waals surface area contributed by atoms with Crippen LogP contribution in [-0.2, 0) is 25.6 Å². The van der Waals surface area contributed by atoms with Gasteiger partial charge in [-0.2, -0.15) is 0 Å². The molecule has 0 saturated carbocycles. The number of carbonyl (C=O) groups is 1. The van der Waals surface area contributed by atoms with E-state index in [1.54, 1.807) is 4.90 Å². The number of hydrogen-bond donors (Lipinski definition) is 1. The van der Waals surface area contributed by atoms with E-state index in [1.165, 1.54) is 6.07 Å². The maximum absolute atomic E-state index is 14.1. The molecule has 1 aromatic carbocycles. The number of likely N-dealkylation sites (tertiary alicyclic amines) is 1. The van der Waals surface area contributed by atoms with Gasteiger partial charge in [-0.05, 0) is 64.2 Å². The minimum Gasteiger partial charge on any atom is -0.444 e. The predicted molar refractivity (Wildman–Crippen MR) is 104 cm³/mol. The van der Waals surface area contributed by atoms with Crippen molar-refractivity contribution in [2.45, 2.75) is 55.4 Å². The van der Waals surface area contributed by atoms with Crippen LogP contribution in [0.5, 0.6) is 0 Å². The van der Waals surface area contributed by atoms with Gasteiger partial charge in [-0.25, -0.2) is 22.7 Å². The first-order valence-electron chi connectivity index (χ1n) is 9.05. The molecule has 0 aliphatic carbocycles. The summed E-state index contributed by atoms with van der Waals surface area (Å²) in [6, 6.07) is 3.16. The number of hydrogen-bond acceptors (Lipinski definition) is 5. The Morgan fingerprint density at radius 1 is 1.32 bits per heavy atom. The Balaban J connectivity index is 1.85. The van der Waals surface area contributed by atoms with Gasteiger partial charge in [-0.3, -0.25) is 4.21 Å².